The predicted molar refractivity (Wildman–Crippen MR) is 69.7 cm³/mol. The summed E-state index contributed by atoms with van der Waals surface area (Å²) in [6, 6.07) is 4.53. The number of amides is 1. The second kappa shape index (κ2) is 5.16. The molecule has 1 N–H and O–H groups in total. The number of hydrogen-bond donors (Lipinski definition) is 1. The van der Waals surface area contributed by atoms with Crippen LogP contribution in [-0.2, 0) is 0 Å². The normalized spacial score (nSPS) is 11.1. The van der Waals surface area contributed by atoms with E-state index in [0.717, 1.165) is 6.42 Å². The van der Waals surface area contributed by atoms with Crippen LogP contribution in [0.2, 0.25) is 0 Å². The summed E-state index contributed by atoms with van der Waals surface area (Å²) >= 11 is 0. The van der Waals surface area contributed by atoms with Crippen molar-refractivity contribution in [3.63, 3.8) is 0 Å². The highest BCUT2D eigenvalue weighted by molar-refractivity contribution is 5.97. The zero-order valence-corrected chi connectivity index (χ0v) is 11.1. The SMILES string of the molecule is CCC(C)(C)NC(=O)c1cccc([N+](=O)[O-])c1C. The summed E-state index contributed by atoms with van der Waals surface area (Å²) in [6.45, 7) is 7.39. The molecule has 0 heterocycles. The highest BCUT2D eigenvalue weighted by Gasteiger charge is 2.22. The van der Waals surface area contributed by atoms with Gasteiger partial charge in [-0.15, -0.1) is 0 Å². The Morgan fingerprint density at radius 2 is 2.06 bits per heavy atom. The van der Waals surface area contributed by atoms with Gasteiger partial charge in [-0.2, -0.15) is 0 Å². The summed E-state index contributed by atoms with van der Waals surface area (Å²) in [5, 5.41) is 13.7. The van der Waals surface area contributed by atoms with Crippen LogP contribution < -0.4 is 5.32 Å². The largest absolute Gasteiger partial charge is 0.347 e. The van der Waals surface area contributed by atoms with Crippen LogP contribution in [0, 0.1) is 17.0 Å². The van der Waals surface area contributed by atoms with Crippen LogP contribution in [0.15, 0.2) is 18.2 Å². The Bertz CT molecular complexity index is 481. The van der Waals surface area contributed by atoms with Crippen LogP contribution in [0.25, 0.3) is 0 Å². The van der Waals surface area contributed by atoms with Gasteiger partial charge in [-0.1, -0.05) is 13.0 Å². The van der Waals surface area contributed by atoms with Crippen molar-refractivity contribution < 1.29 is 9.72 Å². The number of nitro groups is 1. The molecule has 0 aliphatic rings. The number of carbonyl (C=O) groups excluding carboxylic acids is 1. The van der Waals surface area contributed by atoms with Crippen LogP contribution in [0.4, 0.5) is 5.69 Å². The van der Waals surface area contributed by atoms with E-state index in [9.17, 15) is 14.9 Å². The van der Waals surface area contributed by atoms with E-state index in [1.807, 2.05) is 20.8 Å². The van der Waals surface area contributed by atoms with Crippen LogP contribution in [0.3, 0.4) is 0 Å². The van der Waals surface area contributed by atoms with Crippen molar-refractivity contribution in [1.29, 1.82) is 0 Å². The van der Waals surface area contributed by atoms with Gasteiger partial charge in [0.05, 0.1) is 4.92 Å². The molecule has 98 valence electrons. The predicted octanol–water partition coefficient (Wildman–Crippen LogP) is 2.82. The Labute approximate surface area is 106 Å². The molecule has 0 aliphatic heterocycles. The molecule has 5 nitrogen and oxygen atoms in total. The Kier molecular flexibility index (Phi) is 4.06. The molecule has 0 spiro atoms. The van der Waals surface area contributed by atoms with E-state index < -0.39 is 4.92 Å². The molecule has 1 aromatic rings. The van der Waals surface area contributed by atoms with E-state index in [2.05, 4.69) is 5.32 Å². The van der Waals surface area contributed by atoms with Crippen molar-refractivity contribution in [2.24, 2.45) is 0 Å². The van der Waals surface area contributed by atoms with E-state index in [4.69, 9.17) is 0 Å². The van der Waals surface area contributed by atoms with Gasteiger partial charge in [0.25, 0.3) is 11.6 Å². The number of benzene rings is 1. The fraction of sp³-hybridized carbons (Fsp3) is 0.462. The molecular weight excluding hydrogens is 232 g/mol. The molecule has 0 aromatic heterocycles. The minimum atomic E-state index is -0.475. The monoisotopic (exact) mass is 250 g/mol. The molecule has 0 radical (unpaired) electrons. The number of carbonyl (C=O) groups is 1. The number of hydrogen-bond acceptors (Lipinski definition) is 3. The number of nitro benzene ring substituents is 1. The van der Waals surface area contributed by atoms with Gasteiger partial charge in [-0.25, -0.2) is 0 Å². The average molecular weight is 250 g/mol. The van der Waals surface area contributed by atoms with Crippen molar-refractivity contribution in [2.75, 3.05) is 0 Å². The fourth-order valence-corrected chi connectivity index (χ4v) is 1.53. The molecule has 0 saturated heterocycles. The van der Waals surface area contributed by atoms with Gasteiger partial charge in [0, 0.05) is 22.7 Å². The first kappa shape index (κ1) is 14.2. The number of nitrogens with zero attached hydrogens (tertiary/aromatic N) is 1. The Morgan fingerprint density at radius 3 is 2.56 bits per heavy atom. The minimum Gasteiger partial charge on any atom is -0.347 e. The fourth-order valence-electron chi connectivity index (χ4n) is 1.53. The molecule has 1 rings (SSSR count). The molecule has 0 unspecified atom stereocenters. The van der Waals surface area contributed by atoms with Gasteiger partial charge in [0.1, 0.15) is 0 Å². The molecule has 0 atom stereocenters. The molecule has 0 aliphatic carbocycles. The van der Waals surface area contributed by atoms with E-state index in [1.165, 1.54) is 12.1 Å². The van der Waals surface area contributed by atoms with Crippen LogP contribution in [0.1, 0.15) is 43.1 Å². The average Bonchev–Trinajstić information content (AvgIpc) is 2.28. The second-order valence-corrected chi connectivity index (χ2v) is 4.90. The Hall–Kier alpha value is -1.91. The third-order valence-corrected chi connectivity index (χ3v) is 3.08. The van der Waals surface area contributed by atoms with Crippen molar-refractivity contribution in [2.45, 2.75) is 39.7 Å². The summed E-state index contributed by atoms with van der Waals surface area (Å²) in [7, 11) is 0. The first-order valence-corrected chi connectivity index (χ1v) is 5.85. The zero-order chi connectivity index (χ0) is 13.9. The van der Waals surface area contributed by atoms with Crippen LogP contribution in [-0.4, -0.2) is 16.4 Å². The maximum Gasteiger partial charge on any atom is 0.273 e. The van der Waals surface area contributed by atoms with Crippen molar-refractivity contribution in [1.82, 2.24) is 5.32 Å². The Balaban J connectivity index is 3.08. The van der Waals surface area contributed by atoms with Gasteiger partial charge >= 0.3 is 0 Å². The summed E-state index contributed by atoms with van der Waals surface area (Å²) < 4.78 is 0. The lowest BCUT2D eigenvalue weighted by atomic mass is 10.00. The minimum absolute atomic E-state index is 0.0306. The van der Waals surface area contributed by atoms with E-state index in [-0.39, 0.29) is 17.1 Å². The standard InChI is InChI=1S/C13H18N2O3/c1-5-13(3,4)14-12(16)10-7-6-8-11(9(10)2)15(17)18/h6-8H,5H2,1-4H3,(H,14,16). The summed E-state index contributed by atoms with van der Waals surface area (Å²) in [5.41, 5.74) is 0.392. The van der Waals surface area contributed by atoms with Gasteiger partial charge in [-0.05, 0) is 33.3 Å². The number of rotatable bonds is 4. The molecule has 5 heteroatoms. The van der Waals surface area contributed by atoms with E-state index in [1.54, 1.807) is 13.0 Å². The third-order valence-electron chi connectivity index (χ3n) is 3.08. The lowest BCUT2D eigenvalue weighted by Gasteiger charge is -2.24. The van der Waals surface area contributed by atoms with Gasteiger partial charge in [0.15, 0.2) is 0 Å². The molecule has 0 saturated carbocycles. The van der Waals surface area contributed by atoms with E-state index >= 15 is 0 Å². The van der Waals surface area contributed by atoms with Crippen molar-refractivity contribution >= 4 is 11.6 Å². The first-order valence-electron chi connectivity index (χ1n) is 5.85. The molecule has 0 bridgehead atoms. The summed E-state index contributed by atoms with van der Waals surface area (Å²) in [4.78, 5) is 22.4. The van der Waals surface area contributed by atoms with Gasteiger partial charge in [-0.3, -0.25) is 14.9 Å². The Morgan fingerprint density at radius 1 is 1.44 bits per heavy atom. The summed E-state index contributed by atoms with van der Waals surface area (Å²) in [6.07, 6.45) is 0.784. The van der Waals surface area contributed by atoms with E-state index in [0.29, 0.717) is 11.1 Å². The van der Waals surface area contributed by atoms with Gasteiger partial charge in [0.2, 0.25) is 0 Å². The van der Waals surface area contributed by atoms with Gasteiger partial charge < -0.3 is 5.32 Å². The number of nitrogens with one attached hydrogen (secondary N) is 1. The molecule has 1 amide bonds. The zero-order valence-electron chi connectivity index (χ0n) is 11.1. The smallest absolute Gasteiger partial charge is 0.273 e. The van der Waals surface area contributed by atoms with Crippen molar-refractivity contribution in [3.8, 4) is 0 Å². The van der Waals surface area contributed by atoms with Crippen molar-refractivity contribution in [3.05, 3.63) is 39.4 Å². The molecule has 18 heavy (non-hydrogen) atoms. The third kappa shape index (κ3) is 3.06. The van der Waals surface area contributed by atoms with Crippen LogP contribution >= 0.6 is 0 Å². The molecule has 1 aromatic carbocycles. The van der Waals surface area contributed by atoms with Crippen LogP contribution in [0.5, 0.6) is 0 Å². The lowest BCUT2D eigenvalue weighted by molar-refractivity contribution is -0.385. The quantitative estimate of drug-likeness (QED) is 0.659. The lowest BCUT2D eigenvalue weighted by Crippen LogP contribution is -2.43. The maximum atomic E-state index is 12.1. The second-order valence-electron chi connectivity index (χ2n) is 4.90. The highest BCUT2D eigenvalue weighted by Crippen LogP contribution is 2.21. The molecular formula is C13H18N2O3. The maximum absolute atomic E-state index is 12.1. The first-order chi connectivity index (χ1) is 8.28. The summed E-state index contributed by atoms with van der Waals surface area (Å²) in [5.74, 6) is -0.275. The molecule has 0 fully saturated rings. The highest BCUT2D eigenvalue weighted by atomic mass is 16.6. The topological polar surface area (TPSA) is 72.2 Å².